The number of hydrogen-bond acceptors (Lipinski definition) is 5. The van der Waals surface area contributed by atoms with Crippen molar-refractivity contribution < 1.29 is 27.8 Å². The van der Waals surface area contributed by atoms with E-state index in [1.807, 2.05) is 12.1 Å². The monoisotopic (exact) mass is 443 g/mol. The highest BCUT2D eigenvalue weighted by Gasteiger charge is 2.31. The Labute approximate surface area is 182 Å². The number of amides is 1. The normalized spacial score (nSPS) is 16.1. The minimum Gasteiger partial charge on any atom is -0.406 e. The molecule has 6 nitrogen and oxygen atoms in total. The van der Waals surface area contributed by atoms with Crippen LogP contribution in [0.4, 0.5) is 24.5 Å². The average Bonchev–Trinajstić information content (AvgIpc) is 3.20. The lowest BCUT2D eigenvalue weighted by atomic mass is 10.0. The number of aliphatic hydroxyl groups excluding tert-OH is 1. The first-order valence-electron chi connectivity index (χ1n) is 9.93. The molecule has 0 radical (unpaired) electrons. The first-order valence-corrected chi connectivity index (χ1v) is 9.93. The molecule has 2 N–H and O–H groups in total. The zero-order chi connectivity index (χ0) is 22.7. The largest absolute Gasteiger partial charge is 0.573 e. The molecule has 0 aliphatic carbocycles. The molecule has 1 saturated heterocycles. The quantitative estimate of drug-likeness (QED) is 0.609. The zero-order valence-corrected chi connectivity index (χ0v) is 16.8. The molecule has 1 aromatic heterocycles. The Hall–Kier alpha value is -3.59. The Balaban J connectivity index is 1.57. The average molecular weight is 443 g/mol. The predicted octanol–water partition coefficient (Wildman–Crippen LogP) is 4.47. The number of aromatic nitrogens is 1. The van der Waals surface area contributed by atoms with Gasteiger partial charge in [0.1, 0.15) is 5.75 Å². The van der Waals surface area contributed by atoms with E-state index in [1.54, 1.807) is 30.6 Å². The molecule has 3 aromatic rings. The van der Waals surface area contributed by atoms with Crippen LogP contribution in [-0.4, -0.2) is 41.6 Å². The molecule has 0 unspecified atom stereocenters. The van der Waals surface area contributed by atoms with E-state index >= 15 is 0 Å². The van der Waals surface area contributed by atoms with Gasteiger partial charge in [0.2, 0.25) is 0 Å². The van der Waals surface area contributed by atoms with Gasteiger partial charge in [-0.2, -0.15) is 0 Å². The molecule has 166 valence electrons. The van der Waals surface area contributed by atoms with Gasteiger partial charge in [-0.3, -0.25) is 9.78 Å². The smallest absolute Gasteiger partial charge is 0.406 e. The summed E-state index contributed by atoms with van der Waals surface area (Å²) in [7, 11) is 0. The van der Waals surface area contributed by atoms with Gasteiger partial charge in [-0.15, -0.1) is 13.2 Å². The fourth-order valence-corrected chi connectivity index (χ4v) is 3.61. The second kappa shape index (κ2) is 8.88. The lowest BCUT2D eigenvalue weighted by Crippen LogP contribution is -2.22. The van der Waals surface area contributed by atoms with Crippen molar-refractivity contribution in [2.75, 3.05) is 23.3 Å². The number of nitrogens with zero attached hydrogens (tertiary/aromatic N) is 2. The van der Waals surface area contributed by atoms with Crippen LogP contribution in [0.15, 0.2) is 67.0 Å². The Morgan fingerprint density at radius 1 is 1.16 bits per heavy atom. The molecule has 2 aromatic carbocycles. The molecular formula is C23H20F3N3O3. The molecule has 1 aliphatic rings. The maximum atomic E-state index is 12.8. The van der Waals surface area contributed by atoms with Crippen LogP contribution in [0.5, 0.6) is 5.75 Å². The molecule has 4 rings (SSSR count). The van der Waals surface area contributed by atoms with Gasteiger partial charge >= 0.3 is 6.36 Å². The molecule has 1 amide bonds. The summed E-state index contributed by atoms with van der Waals surface area (Å²) in [5.41, 5.74) is 3.22. The van der Waals surface area contributed by atoms with Crippen molar-refractivity contribution >= 4 is 17.3 Å². The fourth-order valence-electron chi connectivity index (χ4n) is 3.61. The number of alkyl halides is 3. The highest BCUT2D eigenvalue weighted by Crippen LogP contribution is 2.34. The highest BCUT2D eigenvalue weighted by atomic mass is 19.4. The second-order valence-corrected chi connectivity index (χ2v) is 7.39. The third kappa shape index (κ3) is 5.17. The maximum absolute atomic E-state index is 12.8. The Bertz CT molecular complexity index is 1090. The van der Waals surface area contributed by atoms with Crippen LogP contribution in [0, 0.1) is 0 Å². The number of pyridine rings is 1. The standard InChI is InChI=1S/C23H20F3N3O3/c24-23(25,26)32-19-6-4-17(5-7-19)28-22(31)15-3-8-21(29-11-9-18(30)14-29)20(12-15)16-2-1-10-27-13-16/h1-8,10,12-13,18,30H,9,11,14H2,(H,28,31)/t18-/m1/s1. The molecule has 0 spiro atoms. The van der Waals surface area contributed by atoms with E-state index in [1.165, 1.54) is 12.1 Å². The predicted molar refractivity (Wildman–Crippen MR) is 114 cm³/mol. The Kier molecular flexibility index (Phi) is 6.00. The van der Waals surface area contributed by atoms with Gasteiger partial charge in [0.15, 0.2) is 0 Å². The first kappa shape index (κ1) is 21.6. The van der Waals surface area contributed by atoms with Crippen LogP contribution in [-0.2, 0) is 0 Å². The fraction of sp³-hybridized carbons (Fsp3) is 0.217. The number of β-amino-alcohol motifs (C(OH)–C–C–N with tert-alkyl or cyclic N) is 1. The lowest BCUT2D eigenvalue weighted by molar-refractivity contribution is -0.274. The van der Waals surface area contributed by atoms with Gasteiger partial charge in [-0.05, 0) is 55.0 Å². The van der Waals surface area contributed by atoms with Crippen molar-refractivity contribution in [2.24, 2.45) is 0 Å². The van der Waals surface area contributed by atoms with Crippen LogP contribution in [0.25, 0.3) is 11.1 Å². The Morgan fingerprint density at radius 3 is 2.56 bits per heavy atom. The zero-order valence-electron chi connectivity index (χ0n) is 16.8. The number of nitrogens with one attached hydrogen (secondary N) is 1. The molecule has 9 heteroatoms. The number of carbonyl (C=O) groups excluding carboxylic acids is 1. The summed E-state index contributed by atoms with van der Waals surface area (Å²) in [5.74, 6) is -0.779. The van der Waals surface area contributed by atoms with Crippen molar-refractivity contribution in [3.63, 3.8) is 0 Å². The third-order valence-electron chi connectivity index (χ3n) is 5.08. The van der Waals surface area contributed by atoms with Crippen molar-refractivity contribution in [3.05, 3.63) is 72.6 Å². The van der Waals surface area contributed by atoms with E-state index in [-0.39, 0.29) is 5.75 Å². The number of ether oxygens (including phenoxy) is 1. The molecule has 1 fully saturated rings. The van der Waals surface area contributed by atoms with Crippen molar-refractivity contribution in [1.82, 2.24) is 4.98 Å². The van der Waals surface area contributed by atoms with Gasteiger partial charge in [0.05, 0.1) is 6.10 Å². The van der Waals surface area contributed by atoms with E-state index in [4.69, 9.17) is 0 Å². The molecule has 2 heterocycles. The van der Waals surface area contributed by atoms with Crippen LogP contribution in [0.2, 0.25) is 0 Å². The molecule has 32 heavy (non-hydrogen) atoms. The summed E-state index contributed by atoms with van der Waals surface area (Å²) in [4.78, 5) is 19.0. The maximum Gasteiger partial charge on any atom is 0.573 e. The van der Waals surface area contributed by atoms with Crippen molar-refractivity contribution in [1.29, 1.82) is 0 Å². The van der Waals surface area contributed by atoms with E-state index in [0.29, 0.717) is 30.8 Å². The third-order valence-corrected chi connectivity index (χ3v) is 5.08. The SMILES string of the molecule is O=C(Nc1ccc(OC(F)(F)F)cc1)c1ccc(N2CC[C@@H](O)C2)c(-c2cccnc2)c1. The lowest BCUT2D eigenvalue weighted by Gasteiger charge is -2.22. The van der Waals surface area contributed by atoms with E-state index in [2.05, 4.69) is 19.9 Å². The minimum atomic E-state index is -4.78. The number of rotatable bonds is 5. The van der Waals surface area contributed by atoms with Crippen LogP contribution in [0.1, 0.15) is 16.8 Å². The number of hydrogen-bond donors (Lipinski definition) is 2. The van der Waals surface area contributed by atoms with Gasteiger partial charge in [0.25, 0.3) is 5.91 Å². The summed E-state index contributed by atoms with van der Waals surface area (Å²) in [5, 5.41) is 12.6. The summed E-state index contributed by atoms with van der Waals surface area (Å²) >= 11 is 0. The van der Waals surface area contributed by atoms with Gasteiger partial charge in [0, 0.05) is 53.5 Å². The first-order chi connectivity index (χ1) is 15.3. The van der Waals surface area contributed by atoms with Gasteiger partial charge in [-0.1, -0.05) is 6.07 Å². The molecule has 0 saturated carbocycles. The summed E-state index contributed by atoms with van der Waals surface area (Å²) in [6.45, 7) is 1.21. The summed E-state index contributed by atoms with van der Waals surface area (Å²) in [6, 6.07) is 13.9. The second-order valence-electron chi connectivity index (χ2n) is 7.39. The molecular weight excluding hydrogens is 423 g/mol. The number of aliphatic hydroxyl groups is 1. The van der Waals surface area contributed by atoms with Crippen molar-refractivity contribution in [2.45, 2.75) is 18.9 Å². The number of halogens is 3. The van der Waals surface area contributed by atoms with Crippen LogP contribution in [0.3, 0.4) is 0 Å². The highest BCUT2D eigenvalue weighted by molar-refractivity contribution is 6.05. The minimum absolute atomic E-state index is 0.333. The molecule has 0 bridgehead atoms. The van der Waals surface area contributed by atoms with Crippen LogP contribution < -0.4 is 15.0 Å². The molecule has 1 aliphatic heterocycles. The molecule has 1 atom stereocenters. The number of anilines is 2. The summed E-state index contributed by atoms with van der Waals surface area (Å²) in [6.07, 6.45) is -1.15. The van der Waals surface area contributed by atoms with Gasteiger partial charge < -0.3 is 20.1 Å². The number of carbonyl (C=O) groups is 1. The van der Waals surface area contributed by atoms with Gasteiger partial charge in [-0.25, -0.2) is 0 Å². The van der Waals surface area contributed by atoms with E-state index in [0.717, 1.165) is 28.9 Å². The topological polar surface area (TPSA) is 74.7 Å². The summed E-state index contributed by atoms with van der Waals surface area (Å²) < 4.78 is 40.7. The number of benzene rings is 2. The van der Waals surface area contributed by atoms with Crippen molar-refractivity contribution in [3.8, 4) is 16.9 Å². The Morgan fingerprint density at radius 2 is 1.94 bits per heavy atom. The van der Waals surface area contributed by atoms with Crippen LogP contribution >= 0.6 is 0 Å². The van der Waals surface area contributed by atoms with E-state index < -0.39 is 18.4 Å². The van der Waals surface area contributed by atoms with E-state index in [9.17, 15) is 23.1 Å².